The van der Waals surface area contributed by atoms with Crippen LogP contribution in [0.1, 0.15) is 58.3 Å². The summed E-state index contributed by atoms with van der Waals surface area (Å²) >= 11 is 0. The van der Waals surface area contributed by atoms with Crippen molar-refractivity contribution >= 4 is 11.6 Å². The number of ketones is 2. The molecule has 3 heteroatoms. The standard InChI is InChI=1S/C24H35NO2/c1-2-3-4-5-6-7-8-9-10-11-12-13-14-15-16-17-18-19-20-23(26)21-24(27)22-25/h3-4,6-7,9-10,12-13,15-16,18-19H,2,5,8,11,14,17,20-22,25H2,1H3/b4-3-,7-6-,10-9-,13-12-,16-15-,19-18-. The van der Waals surface area contributed by atoms with Crippen LogP contribution >= 0.6 is 0 Å². The van der Waals surface area contributed by atoms with Crippen molar-refractivity contribution in [2.45, 2.75) is 58.3 Å². The van der Waals surface area contributed by atoms with Crippen molar-refractivity contribution in [2.75, 3.05) is 6.54 Å². The third-order valence-electron chi connectivity index (χ3n) is 3.56. The lowest BCUT2D eigenvalue weighted by molar-refractivity contribution is -0.125. The van der Waals surface area contributed by atoms with E-state index in [9.17, 15) is 9.59 Å². The molecule has 0 saturated heterocycles. The maximum absolute atomic E-state index is 11.4. The first-order valence-electron chi connectivity index (χ1n) is 9.84. The Morgan fingerprint density at radius 3 is 1.33 bits per heavy atom. The van der Waals surface area contributed by atoms with Crippen LogP contribution in [0.4, 0.5) is 0 Å². The second-order valence-corrected chi connectivity index (χ2v) is 6.08. The van der Waals surface area contributed by atoms with E-state index in [1.807, 2.05) is 12.2 Å². The number of rotatable bonds is 16. The Morgan fingerprint density at radius 2 is 0.963 bits per heavy atom. The topological polar surface area (TPSA) is 60.2 Å². The highest BCUT2D eigenvalue weighted by atomic mass is 16.1. The molecule has 0 aromatic heterocycles. The van der Waals surface area contributed by atoms with Gasteiger partial charge in [-0.2, -0.15) is 0 Å². The predicted octanol–water partition coefficient (Wildman–Crippen LogP) is 5.56. The lowest BCUT2D eigenvalue weighted by atomic mass is 10.1. The quantitative estimate of drug-likeness (QED) is 0.286. The van der Waals surface area contributed by atoms with Crippen molar-refractivity contribution in [3.8, 4) is 0 Å². The van der Waals surface area contributed by atoms with Crippen LogP contribution in [0.15, 0.2) is 72.9 Å². The SMILES string of the molecule is CC/C=C\C/C=C\C/C=C\C/C=C\C/C=C\C/C=C\CC(=O)CC(=O)CN. The van der Waals surface area contributed by atoms with Gasteiger partial charge in [0.05, 0.1) is 13.0 Å². The smallest absolute Gasteiger partial charge is 0.153 e. The maximum atomic E-state index is 11.4. The fourth-order valence-electron chi connectivity index (χ4n) is 2.10. The van der Waals surface area contributed by atoms with Gasteiger partial charge in [-0.1, -0.05) is 79.8 Å². The zero-order valence-electron chi connectivity index (χ0n) is 16.7. The second-order valence-electron chi connectivity index (χ2n) is 6.08. The number of carbonyl (C=O) groups is 2. The van der Waals surface area contributed by atoms with Crippen LogP contribution in [-0.2, 0) is 9.59 Å². The number of nitrogens with two attached hydrogens (primary N) is 1. The molecule has 0 aliphatic heterocycles. The number of hydrogen-bond acceptors (Lipinski definition) is 3. The average molecular weight is 370 g/mol. The summed E-state index contributed by atoms with van der Waals surface area (Å²) in [6, 6.07) is 0. The lowest BCUT2D eigenvalue weighted by Crippen LogP contribution is -2.16. The van der Waals surface area contributed by atoms with E-state index in [1.165, 1.54) is 0 Å². The van der Waals surface area contributed by atoms with Crippen LogP contribution in [0.25, 0.3) is 0 Å². The van der Waals surface area contributed by atoms with E-state index in [2.05, 4.69) is 67.7 Å². The fraction of sp³-hybridized carbons (Fsp3) is 0.417. The summed E-state index contributed by atoms with van der Waals surface area (Å²) in [4.78, 5) is 22.4. The van der Waals surface area contributed by atoms with Gasteiger partial charge in [0, 0.05) is 6.42 Å². The molecule has 0 heterocycles. The lowest BCUT2D eigenvalue weighted by Gasteiger charge is -1.93. The molecular formula is C24H35NO2. The normalized spacial score (nSPS) is 12.8. The zero-order valence-corrected chi connectivity index (χ0v) is 16.7. The number of Topliss-reactive ketones (excluding diaryl/α,β-unsaturated/α-hetero) is 2. The molecule has 0 unspecified atom stereocenters. The number of hydrogen-bond donors (Lipinski definition) is 1. The highest BCUT2D eigenvalue weighted by Gasteiger charge is 2.05. The summed E-state index contributed by atoms with van der Waals surface area (Å²) in [5.74, 6) is -0.281. The molecule has 2 N–H and O–H groups in total. The third-order valence-corrected chi connectivity index (χ3v) is 3.56. The molecule has 0 radical (unpaired) electrons. The monoisotopic (exact) mass is 369 g/mol. The molecule has 0 atom stereocenters. The summed E-state index contributed by atoms with van der Waals surface area (Å²) in [5, 5.41) is 0. The van der Waals surface area contributed by atoms with Crippen LogP contribution < -0.4 is 5.73 Å². The minimum absolute atomic E-state index is 0.0531. The Balaban J connectivity index is 3.63. The van der Waals surface area contributed by atoms with E-state index in [-0.39, 0.29) is 24.5 Å². The van der Waals surface area contributed by atoms with E-state index >= 15 is 0 Å². The molecule has 0 spiro atoms. The maximum Gasteiger partial charge on any atom is 0.153 e. The summed E-state index contributed by atoms with van der Waals surface area (Å²) < 4.78 is 0. The molecule has 0 rings (SSSR count). The van der Waals surface area contributed by atoms with Crippen LogP contribution in [0, 0.1) is 0 Å². The Labute approximate surface area is 165 Å². The molecule has 0 aliphatic carbocycles. The average Bonchev–Trinajstić information content (AvgIpc) is 2.66. The van der Waals surface area contributed by atoms with Crippen molar-refractivity contribution in [1.82, 2.24) is 0 Å². The van der Waals surface area contributed by atoms with E-state index in [0.29, 0.717) is 6.42 Å². The van der Waals surface area contributed by atoms with Crippen molar-refractivity contribution in [3.05, 3.63) is 72.9 Å². The first-order chi connectivity index (χ1) is 13.2. The molecule has 0 bridgehead atoms. The largest absolute Gasteiger partial charge is 0.324 e. The summed E-state index contributed by atoms with van der Waals surface area (Å²) in [7, 11) is 0. The molecule has 3 nitrogen and oxygen atoms in total. The van der Waals surface area contributed by atoms with Gasteiger partial charge in [-0.3, -0.25) is 9.59 Å². The van der Waals surface area contributed by atoms with Crippen molar-refractivity contribution in [2.24, 2.45) is 5.73 Å². The summed E-state index contributed by atoms with van der Waals surface area (Å²) in [5.41, 5.74) is 5.18. The predicted molar refractivity (Wildman–Crippen MR) is 117 cm³/mol. The van der Waals surface area contributed by atoms with E-state index in [4.69, 9.17) is 5.73 Å². The van der Waals surface area contributed by atoms with E-state index in [0.717, 1.165) is 38.5 Å². The Bertz CT molecular complexity index is 563. The van der Waals surface area contributed by atoms with Crippen molar-refractivity contribution < 1.29 is 9.59 Å². The second kappa shape index (κ2) is 20.1. The first-order valence-corrected chi connectivity index (χ1v) is 9.84. The van der Waals surface area contributed by atoms with Crippen molar-refractivity contribution in [1.29, 1.82) is 0 Å². The van der Waals surface area contributed by atoms with Gasteiger partial charge in [0.2, 0.25) is 0 Å². The Morgan fingerprint density at radius 1 is 0.593 bits per heavy atom. The van der Waals surface area contributed by atoms with E-state index in [1.54, 1.807) is 0 Å². The van der Waals surface area contributed by atoms with Gasteiger partial charge in [-0.25, -0.2) is 0 Å². The van der Waals surface area contributed by atoms with Gasteiger partial charge in [-0.05, 0) is 38.5 Å². The van der Waals surface area contributed by atoms with Gasteiger partial charge >= 0.3 is 0 Å². The van der Waals surface area contributed by atoms with Gasteiger partial charge in [0.1, 0.15) is 5.78 Å². The minimum atomic E-state index is -0.203. The van der Waals surface area contributed by atoms with Crippen molar-refractivity contribution in [3.63, 3.8) is 0 Å². The molecule has 148 valence electrons. The molecule has 0 fully saturated rings. The molecule has 0 saturated carbocycles. The number of allylic oxidation sites excluding steroid dienone is 12. The van der Waals surface area contributed by atoms with Crippen LogP contribution in [0.2, 0.25) is 0 Å². The molecule has 0 aromatic carbocycles. The van der Waals surface area contributed by atoms with E-state index < -0.39 is 0 Å². The fourth-order valence-corrected chi connectivity index (χ4v) is 2.10. The summed E-state index contributed by atoms with van der Waals surface area (Å²) in [6.45, 7) is 2.08. The van der Waals surface area contributed by atoms with Crippen LogP contribution in [0.5, 0.6) is 0 Å². The van der Waals surface area contributed by atoms with Crippen LogP contribution in [0.3, 0.4) is 0 Å². The van der Waals surface area contributed by atoms with Crippen LogP contribution in [-0.4, -0.2) is 18.1 Å². The summed E-state index contributed by atoms with van der Waals surface area (Å²) in [6.07, 6.45) is 31.4. The van der Waals surface area contributed by atoms with Gasteiger partial charge in [0.25, 0.3) is 0 Å². The van der Waals surface area contributed by atoms with Gasteiger partial charge in [-0.15, -0.1) is 0 Å². The Hall–Kier alpha value is -2.26. The molecule has 0 aromatic rings. The zero-order chi connectivity index (χ0) is 20.0. The molecule has 0 aliphatic rings. The highest BCUT2D eigenvalue weighted by Crippen LogP contribution is 1.98. The van der Waals surface area contributed by atoms with Gasteiger partial charge < -0.3 is 5.73 Å². The highest BCUT2D eigenvalue weighted by molar-refractivity contribution is 6.00. The Kier molecular flexibility index (Phi) is 18.4. The molecule has 27 heavy (non-hydrogen) atoms. The third kappa shape index (κ3) is 19.9. The van der Waals surface area contributed by atoms with Gasteiger partial charge in [0.15, 0.2) is 5.78 Å². The molecule has 0 amide bonds. The number of carbonyl (C=O) groups excluding carboxylic acids is 2. The first kappa shape index (κ1) is 24.7. The molecular weight excluding hydrogens is 334 g/mol. The minimum Gasteiger partial charge on any atom is -0.324 e.